The molecule has 2 nitrogen and oxygen atoms in total. The first kappa shape index (κ1) is 22.9. The van der Waals surface area contributed by atoms with Crippen LogP contribution in [0.1, 0.15) is 64.9 Å². The van der Waals surface area contributed by atoms with Crippen LogP contribution in [0, 0.1) is 0 Å². The standard InChI is InChI=1S/C23H38O2P/c1-5-8-16-26(17-9-6-2,18-10-7-3)20-22(23(24)25-4)19-21-14-12-11-13-15-21/h11-15,19H,5-10,16-18,20H2,1-4H3/q+1/b22-19+. The Morgan fingerprint density at radius 1 is 0.923 bits per heavy atom. The first-order valence-electron chi connectivity index (χ1n) is 10.3. The predicted molar refractivity (Wildman–Crippen MR) is 118 cm³/mol. The van der Waals surface area contributed by atoms with Crippen molar-refractivity contribution in [1.29, 1.82) is 0 Å². The van der Waals surface area contributed by atoms with E-state index in [0.29, 0.717) is 0 Å². The Bertz CT molecular complexity index is 515. The lowest BCUT2D eigenvalue weighted by molar-refractivity contribution is -0.135. The van der Waals surface area contributed by atoms with Crippen LogP contribution in [0.3, 0.4) is 0 Å². The van der Waals surface area contributed by atoms with Gasteiger partial charge in [-0.15, -0.1) is 0 Å². The molecule has 0 aromatic heterocycles. The van der Waals surface area contributed by atoms with Crippen molar-refractivity contribution in [2.75, 3.05) is 31.8 Å². The van der Waals surface area contributed by atoms with Crippen molar-refractivity contribution in [3.8, 4) is 0 Å². The van der Waals surface area contributed by atoms with Gasteiger partial charge in [-0.25, -0.2) is 4.79 Å². The molecule has 0 bridgehead atoms. The van der Waals surface area contributed by atoms with E-state index in [-0.39, 0.29) is 5.97 Å². The van der Waals surface area contributed by atoms with Gasteiger partial charge in [0, 0.05) is 7.26 Å². The van der Waals surface area contributed by atoms with Crippen molar-refractivity contribution in [1.82, 2.24) is 0 Å². The fourth-order valence-electron chi connectivity index (χ4n) is 3.47. The summed E-state index contributed by atoms with van der Waals surface area (Å²) in [7, 11) is 0.330. The topological polar surface area (TPSA) is 26.3 Å². The zero-order valence-corrected chi connectivity index (χ0v) is 18.2. The molecule has 1 aromatic rings. The number of carbonyl (C=O) groups excluding carboxylic acids is 1. The van der Waals surface area contributed by atoms with Gasteiger partial charge in [0.05, 0.1) is 37.3 Å². The van der Waals surface area contributed by atoms with E-state index in [2.05, 4.69) is 39.0 Å². The number of unbranched alkanes of at least 4 members (excludes halogenated alkanes) is 3. The number of rotatable bonds is 13. The van der Waals surface area contributed by atoms with Crippen LogP contribution in [0.25, 0.3) is 6.08 Å². The molecule has 1 rings (SSSR count). The third kappa shape index (κ3) is 8.04. The minimum absolute atomic E-state index is 0.150. The minimum atomic E-state index is -1.18. The number of carbonyl (C=O) groups is 1. The highest BCUT2D eigenvalue weighted by Gasteiger charge is 2.38. The van der Waals surface area contributed by atoms with E-state index < -0.39 is 7.26 Å². The van der Waals surface area contributed by atoms with Crippen LogP contribution in [-0.2, 0) is 9.53 Å². The third-order valence-electron chi connectivity index (χ3n) is 5.05. The van der Waals surface area contributed by atoms with Gasteiger partial charge in [0.25, 0.3) is 0 Å². The molecule has 26 heavy (non-hydrogen) atoms. The molecule has 0 saturated heterocycles. The molecule has 0 aliphatic carbocycles. The van der Waals surface area contributed by atoms with E-state index in [9.17, 15) is 4.79 Å². The van der Waals surface area contributed by atoms with Crippen LogP contribution in [0.15, 0.2) is 35.9 Å². The zero-order chi connectivity index (χ0) is 19.3. The van der Waals surface area contributed by atoms with Crippen LogP contribution in [-0.4, -0.2) is 37.7 Å². The van der Waals surface area contributed by atoms with Crippen molar-refractivity contribution in [2.45, 2.75) is 59.3 Å². The Balaban J connectivity index is 3.16. The summed E-state index contributed by atoms with van der Waals surface area (Å²) in [5, 5.41) is 0. The number of ether oxygens (including phenoxy) is 1. The van der Waals surface area contributed by atoms with Gasteiger partial charge in [-0.05, 0) is 30.9 Å². The number of benzene rings is 1. The van der Waals surface area contributed by atoms with Crippen LogP contribution < -0.4 is 0 Å². The van der Waals surface area contributed by atoms with Crippen LogP contribution >= 0.6 is 7.26 Å². The number of esters is 1. The smallest absolute Gasteiger partial charge is 0.337 e. The molecule has 3 heteroatoms. The molecule has 0 radical (unpaired) electrons. The summed E-state index contributed by atoms with van der Waals surface area (Å²) in [4.78, 5) is 12.5. The van der Waals surface area contributed by atoms with Crippen LogP contribution in [0.2, 0.25) is 0 Å². The lowest BCUT2D eigenvalue weighted by Gasteiger charge is -2.28. The summed E-state index contributed by atoms with van der Waals surface area (Å²) in [6.45, 7) is 6.82. The maximum atomic E-state index is 12.5. The van der Waals surface area contributed by atoms with E-state index in [0.717, 1.165) is 17.3 Å². The van der Waals surface area contributed by atoms with Gasteiger partial charge in [0.2, 0.25) is 0 Å². The lowest BCUT2D eigenvalue weighted by atomic mass is 10.1. The Labute approximate surface area is 161 Å². The largest absolute Gasteiger partial charge is 0.466 e. The zero-order valence-electron chi connectivity index (χ0n) is 17.3. The van der Waals surface area contributed by atoms with Gasteiger partial charge >= 0.3 is 5.97 Å². The summed E-state index contributed by atoms with van der Waals surface area (Å²) >= 11 is 0. The Morgan fingerprint density at radius 3 is 1.85 bits per heavy atom. The molecule has 1 aromatic carbocycles. The number of methoxy groups -OCH3 is 1. The number of hydrogen-bond acceptors (Lipinski definition) is 2. The van der Waals surface area contributed by atoms with E-state index in [1.807, 2.05) is 18.2 Å². The van der Waals surface area contributed by atoms with Gasteiger partial charge < -0.3 is 4.74 Å². The van der Waals surface area contributed by atoms with Crippen molar-refractivity contribution < 1.29 is 9.53 Å². The fraction of sp³-hybridized carbons (Fsp3) is 0.609. The van der Waals surface area contributed by atoms with Crippen LogP contribution in [0.5, 0.6) is 0 Å². The lowest BCUT2D eigenvalue weighted by Crippen LogP contribution is -2.18. The summed E-state index contributed by atoms with van der Waals surface area (Å²) < 4.78 is 5.15. The monoisotopic (exact) mass is 377 g/mol. The van der Waals surface area contributed by atoms with Crippen molar-refractivity contribution >= 4 is 19.3 Å². The van der Waals surface area contributed by atoms with Crippen molar-refractivity contribution in [3.63, 3.8) is 0 Å². The van der Waals surface area contributed by atoms with Gasteiger partial charge in [0.1, 0.15) is 0 Å². The maximum Gasteiger partial charge on any atom is 0.337 e. The second-order valence-electron chi connectivity index (χ2n) is 7.30. The molecule has 146 valence electrons. The third-order valence-corrected chi connectivity index (χ3v) is 9.86. The number of hydrogen-bond donors (Lipinski definition) is 0. The van der Waals surface area contributed by atoms with Gasteiger partial charge in [-0.2, -0.15) is 0 Å². The molecule has 0 aliphatic rings. The molecule has 0 saturated carbocycles. The first-order valence-corrected chi connectivity index (χ1v) is 12.8. The highest BCUT2D eigenvalue weighted by molar-refractivity contribution is 7.76. The van der Waals surface area contributed by atoms with E-state index in [4.69, 9.17) is 4.74 Å². The predicted octanol–water partition coefficient (Wildman–Crippen LogP) is 6.66. The minimum Gasteiger partial charge on any atom is -0.466 e. The highest BCUT2D eigenvalue weighted by atomic mass is 31.2. The SMILES string of the molecule is CCCC[P+](CCCC)(CCCC)C/C(=C\c1ccccc1)C(=O)OC. The maximum absolute atomic E-state index is 12.5. The molecule has 0 aliphatic heterocycles. The first-order chi connectivity index (χ1) is 12.6. The fourth-order valence-corrected chi connectivity index (χ4v) is 8.51. The summed E-state index contributed by atoms with van der Waals surface area (Å²) in [6.07, 6.45) is 14.5. The Kier molecular flexibility index (Phi) is 11.5. The van der Waals surface area contributed by atoms with E-state index in [1.165, 1.54) is 64.1 Å². The summed E-state index contributed by atoms with van der Waals surface area (Å²) in [6, 6.07) is 10.2. The molecule has 0 N–H and O–H groups in total. The Hall–Kier alpha value is -1.14. The summed E-state index contributed by atoms with van der Waals surface area (Å²) in [5.41, 5.74) is 1.96. The molecular weight excluding hydrogens is 339 g/mol. The average Bonchev–Trinajstić information content (AvgIpc) is 2.68. The highest BCUT2D eigenvalue weighted by Crippen LogP contribution is 2.62. The van der Waals surface area contributed by atoms with E-state index in [1.54, 1.807) is 0 Å². The summed E-state index contributed by atoms with van der Waals surface area (Å²) in [5.74, 6) is -0.150. The second-order valence-corrected chi connectivity index (χ2v) is 11.6. The molecule has 0 fully saturated rings. The molecule has 0 heterocycles. The molecular formula is C23H38O2P+. The second kappa shape index (κ2) is 13.1. The average molecular weight is 378 g/mol. The van der Waals surface area contributed by atoms with Gasteiger partial charge in [0.15, 0.2) is 0 Å². The molecule has 0 unspecified atom stereocenters. The molecule has 0 amide bonds. The van der Waals surface area contributed by atoms with Crippen LogP contribution in [0.4, 0.5) is 0 Å². The van der Waals surface area contributed by atoms with Gasteiger partial charge in [-0.3, -0.25) is 0 Å². The Morgan fingerprint density at radius 2 is 1.42 bits per heavy atom. The van der Waals surface area contributed by atoms with Crippen molar-refractivity contribution in [3.05, 3.63) is 41.5 Å². The van der Waals surface area contributed by atoms with Gasteiger partial charge in [-0.1, -0.05) is 70.4 Å². The normalized spacial score (nSPS) is 12.2. The quantitative estimate of drug-likeness (QED) is 0.218. The molecule has 0 atom stereocenters. The molecule has 0 spiro atoms. The van der Waals surface area contributed by atoms with Crippen molar-refractivity contribution in [2.24, 2.45) is 0 Å². The van der Waals surface area contributed by atoms with E-state index >= 15 is 0 Å².